The molecule has 0 spiro atoms. The number of Topliss-reactive ketones (excluding diaryl/α,β-unsaturated/α-hetero) is 1. The molecule has 0 atom stereocenters. The van der Waals surface area contributed by atoms with Gasteiger partial charge in [-0.25, -0.2) is 4.63 Å². The van der Waals surface area contributed by atoms with E-state index in [0.29, 0.717) is 28.4 Å². The molecule has 0 fully saturated rings. The van der Waals surface area contributed by atoms with E-state index in [0.717, 1.165) is 0 Å². The highest BCUT2D eigenvalue weighted by Crippen LogP contribution is 2.33. The van der Waals surface area contributed by atoms with Gasteiger partial charge in [0.25, 0.3) is 11.7 Å². The topological polar surface area (TPSA) is 85.5 Å². The van der Waals surface area contributed by atoms with Gasteiger partial charge in [-0.05, 0) is 25.1 Å². The Bertz CT molecular complexity index is 707. The van der Waals surface area contributed by atoms with Gasteiger partial charge in [0.1, 0.15) is 17.1 Å². The average Bonchev–Trinajstić information content (AvgIpc) is 2.96. The molecule has 102 valence electrons. The lowest BCUT2D eigenvalue weighted by Crippen LogP contribution is -2.29. The Hall–Kier alpha value is -2.70. The third-order valence-electron chi connectivity index (χ3n) is 3.23. The molecule has 0 aliphatic carbocycles. The third-order valence-corrected chi connectivity index (χ3v) is 3.23. The molecule has 0 unspecified atom stereocenters. The monoisotopic (exact) mass is 273 g/mol. The maximum Gasteiger partial charge on any atom is 0.299 e. The lowest BCUT2D eigenvalue weighted by molar-refractivity contribution is -0.114. The molecule has 0 N–H and O–H groups in total. The smallest absolute Gasteiger partial charge is 0.299 e. The van der Waals surface area contributed by atoms with Crippen LogP contribution in [0.25, 0.3) is 0 Å². The number of ketones is 1. The summed E-state index contributed by atoms with van der Waals surface area (Å²) in [5.74, 6) is -0.602. The number of anilines is 1. The Kier molecular flexibility index (Phi) is 2.74. The van der Waals surface area contributed by atoms with E-state index >= 15 is 0 Å². The zero-order valence-electron chi connectivity index (χ0n) is 10.9. The number of aryl methyl sites for hydroxylation is 1. The molecule has 0 saturated carbocycles. The number of nitrogens with zero attached hydrogens (tertiary/aromatic N) is 3. The van der Waals surface area contributed by atoms with Crippen LogP contribution in [0.15, 0.2) is 22.8 Å². The Labute approximate surface area is 114 Å². The number of carbonyl (C=O) groups is 2. The lowest BCUT2D eigenvalue weighted by Gasteiger charge is -2.14. The van der Waals surface area contributed by atoms with E-state index in [1.165, 1.54) is 12.0 Å². The van der Waals surface area contributed by atoms with Gasteiger partial charge in [-0.15, -0.1) is 0 Å². The minimum Gasteiger partial charge on any atom is -0.497 e. The summed E-state index contributed by atoms with van der Waals surface area (Å²) in [6.07, 6.45) is 0. The van der Waals surface area contributed by atoms with E-state index in [4.69, 9.17) is 4.74 Å². The highest BCUT2D eigenvalue weighted by atomic mass is 16.6. The number of amides is 1. The first kappa shape index (κ1) is 12.3. The van der Waals surface area contributed by atoms with Gasteiger partial charge >= 0.3 is 0 Å². The van der Waals surface area contributed by atoms with Crippen LogP contribution < -0.4 is 9.64 Å². The molecule has 1 aromatic heterocycles. The Morgan fingerprint density at radius 2 is 2.10 bits per heavy atom. The first-order valence-electron chi connectivity index (χ1n) is 5.94. The van der Waals surface area contributed by atoms with E-state index in [2.05, 4.69) is 14.9 Å². The Balaban J connectivity index is 2.00. The van der Waals surface area contributed by atoms with Gasteiger partial charge in [0.15, 0.2) is 0 Å². The minimum atomic E-state index is -0.587. The first-order valence-corrected chi connectivity index (χ1v) is 5.94. The second-order valence-electron chi connectivity index (χ2n) is 4.40. The van der Waals surface area contributed by atoms with E-state index in [1.807, 2.05) is 0 Å². The molecule has 0 saturated heterocycles. The largest absolute Gasteiger partial charge is 0.497 e. The van der Waals surface area contributed by atoms with Gasteiger partial charge in [0.2, 0.25) is 0 Å². The number of rotatable bonds is 3. The Morgan fingerprint density at radius 1 is 1.30 bits per heavy atom. The molecule has 2 aromatic rings. The first-order chi connectivity index (χ1) is 9.61. The summed E-state index contributed by atoms with van der Waals surface area (Å²) in [5.41, 5.74) is 1.99. The van der Waals surface area contributed by atoms with Gasteiger partial charge in [-0.3, -0.25) is 14.5 Å². The van der Waals surface area contributed by atoms with Crippen molar-refractivity contribution in [3.8, 4) is 5.75 Å². The van der Waals surface area contributed by atoms with Gasteiger partial charge in [-0.2, -0.15) is 0 Å². The average molecular weight is 273 g/mol. The molecule has 1 aromatic carbocycles. The number of aromatic nitrogens is 2. The number of ether oxygens (including phenoxy) is 1. The number of hydrogen-bond donors (Lipinski definition) is 0. The van der Waals surface area contributed by atoms with Crippen molar-refractivity contribution in [3.05, 3.63) is 35.2 Å². The van der Waals surface area contributed by atoms with Crippen LogP contribution in [-0.4, -0.2) is 29.1 Å². The predicted molar refractivity (Wildman–Crippen MR) is 67.5 cm³/mol. The van der Waals surface area contributed by atoms with Crippen molar-refractivity contribution in [3.63, 3.8) is 0 Å². The molecule has 7 heteroatoms. The van der Waals surface area contributed by atoms with E-state index < -0.39 is 11.7 Å². The summed E-state index contributed by atoms with van der Waals surface area (Å²) >= 11 is 0. The highest BCUT2D eigenvalue weighted by Gasteiger charge is 2.36. The minimum absolute atomic E-state index is 0.152. The number of benzene rings is 1. The van der Waals surface area contributed by atoms with Crippen LogP contribution in [0.2, 0.25) is 0 Å². The van der Waals surface area contributed by atoms with Crippen LogP contribution >= 0.6 is 0 Å². The molecule has 1 aliphatic heterocycles. The van der Waals surface area contributed by atoms with Crippen LogP contribution in [-0.2, 0) is 11.3 Å². The van der Waals surface area contributed by atoms with Gasteiger partial charge in [0.05, 0.1) is 24.9 Å². The van der Waals surface area contributed by atoms with Crippen LogP contribution in [0.4, 0.5) is 5.69 Å². The third kappa shape index (κ3) is 1.75. The zero-order valence-corrected chi connectivity index (χ0v) is 10.9. The summed E-state index contributed by atoms with van der Waals surface area (Å²) in [7, 11) is 1.51. The van der Waals surface area contributed by atoms with Crippen molar-refractivity contribution in [2.75, 3.05) is 12.0 Å². The molecular formula is C13H11N3O4. The molecule has 1 amide bonds. The molecular weight excluding hydrogens is 262 g/mol. The SMILES string of the molecule is COc1ccc2c(c1)C(=O)C(=O)N2Cc1nonc1C. The fourth-order valence-corrected chi connectivity index (χ4v) is 2.11. The number of carbonyl (C=O) groups excluding carboxylic acids is 2. The molecule has 3 rings (SSSR count). The summed E-state index contributed by atoms with van der Waals surface area (Å²) in [6.45, 7) is 1.88. The number of methoxy groups -OCH3 is 1. The van der Waals surface area contributed by atoms with Crippen molar-refractivity contribution in [1.82, 2.24) is 10.3 Å². The second-order valence-corrected chi connectivity index (χ2v) is 4.40. The second kappa shape index (κ2) is 4.44. The van der Waals surface area contributed by atoms with Gasteiger partial charge in [-0.1, -0.05) is 10.3 Å². The van der Waals surface area contributed by atoms with Gasteiger partial charge in [0, 0.05) is 0 Å². The highest BCUT2D eigenvalue weighted by molar-refractivity contribution is 6.52. The molecule has 7 nitrogen and oxygen atoms in total. The van der Waals surface area contributed by atoms with Gasteiger partial charge < -0.3 is 4.74 Å². The van der Waals surface area contributed by atoms with Crippen LogP contribution in [0.5, 0.6) is 5.75 Å². The van der Waals surface area contributed by atoms with Crippen molar-refractivity contribution in [2.24, 2.45) is 0 Å². The van der Waals surface area contributed by atoms with E-state index in [1.54, 1.807) is 25.1 Å². The number of fused-ring (bicyclic) bond motifs is 1. The maximum absolute atomic E-state index is 12.1. The fraction of sp³-hybridized carbons (Fsp3) is 0.231. The normalized spacial score (nSPS) is 13.8. The standard InChI is InChI=1S/C13H11N3O4/c1-7-10(15-20-14-7)6-16-11-4-3-8(19-2)5-9(11)12(17)13(16)18/h3-5H,6H2,1-2H3. The fourth-order valence-electron chi connectivity index (χ4n) is 2.11. The summed E-state index contributed by atoms with van der Waals surface area (Å²) in [6, 6.07) is 4.94. The quantitative estimate of drug-likeness (QED) is 0.779. The van der Waals surface area contributed by atoms with Crippen molar-refractivity contribution < 1.29 is 19.0 Å². The lowest BCUT2D eigenvalue weighted by atomic mass is 10.1. The summed E-state index contributed by atoms with van der Waals surface area (Å²) in [4.78, 5) is 25.4. The maximum atomic E-state index is 12.1. The van der Waals surface area contributed by atoms with E-state index in [9.17, 15) is 9.59 Å². The van der Waals surface area contributed by atoms with Crippen molar-refractivity contribution >= 4 is 17.4 Å². The predicted octanol–water partition coefficient (Wildman–Crippen LogP) is 1.12. The molecule has 20 heavy (non-hydrogen) atoms. The van der Waals surface area contributed by atoms with E-state index in [-0.39, 0.29) is 6.54 Å². The number of hydrogen-bond acceptors (Lipinski definition) is 6. The van der Waals surface area contributed by atoms with Crippen LogP contribution in [0, 0.1) is 6.92 Å². The van der Waals surface area contributed by atoms with Crippen molar-refractivity contribution in [2.45, 2.75) is 13.5 Å². The van der Waals surface area contributed by atoms with Crippen molar-refractivity contribution in [1.29, 1.82) is 0 Å². The zero-order chi connectivity index (χ0) is 14.3. The summed E-state index contributed by atoms with van der Waals surface area (Å²) < 4.78 is 9.66. The molecule has 0 radical (unpaired) electrons. The molecule has 0 bridgehead atoms. The Morgan fingerprint density at radius 3 is 2.75 bits per heavy atom. The molecule has 1 aliphatic rings. The molecule has 2 heterocycles. The van der Waals surface area contributed by atoms with Crippen LogP contribution in [0.1, 0.15) is 21.7 Å². The van der Waals surface area contributed by atoms with Crippen LogP contribution in [0.3, 0.4) is 0 Å². The summed E-state index contributed by atoms with van der Waals surface area (Å²) in [5, 5.41) is 7.39.